The topological polar surface area (TPSA) is 53.6 Å². The molecule has 0 unspecified atom stereocenters. The van der Waals surface area contributed by atoms with Crippen molar-refractivity contribution in [3.63, 3.8) is 0 Å². The van der Waals surface area contributed by atoms with Gasteiger partial charge in [0.05, 0.1) is 12.2 Å². The van der Waals surface area contributed by atoms with Crippen molar-refractivity contribution in [3.05, 3.63) is 64.3 Å². The third kappa shape index (κ3) is 3.66. The number of nitrogens with zero attached hydrogens (tertiary/aromatic N) is 1. The van der Waals surface area contributed by atoms with E-state index in [0.717, 1.165) is 16.8 Å². The van der Waals surface area contributed by atoms with E-state index in [1.54, 1.807) is 17.1 Å². The van der Waals surface area contributed by atoms with Gasteiger partial charge in [-0.25, -0.2) is 0 Å². The van der Waals surface area contributed by atoms with E-state index in [2.05, 4.69) is 15.5 Å². The highest BCUT2D eigenvalue weighted by Crippen LogP contribution is 2.33. The summed E-state index contributed by atoms with van der Waals surface area (Å²) in [6.45, 7) is 0.398. The second kappa shape index (κ2) is 6.38. The van der Waals surface area contributed by atoms with Crippen LogP contribution in [0, 0.1) is 0 Å². The second-order valence-corrected chi connectivity index (χ2v) is 6.59. The highest BCUT2D eigenvalue weighted by Gasteiger charge is 2.32. The molecule has 140 valence electrons. The van der Waals surface area contributed by atoms with Crippen LogP contribution >= 0.6 is 11.6 Å². The van der Waals surface area contributed by atoms with E-state index in [9.17, 15) is 18.0 Å². The van der Waals surface area contributed by atoms with Crippen molar-refractivity contribution in [2.75, 3.05) is 16.9 Å². The van der Waals surface area contributed by atoms with Crippen molar-refractivity contribution in [2.45, 2.75) is 12.8 Å². The Morgan fingerprint density at radius 3 is 2.56 bits per heavy atom. The summed E-state index contributed by atoms with van der Waals surface area (Å²) >= 11 is 6.00. The number of ether oxygens (including phenoxy) is 1. The average molecular weight is 396 g/mol. The highest BCUT2D eigenvalue weighted by atomic mass is 35.5. The molecule has 0 radical (unpaired) electrons. The zero-order chi connectivity index (χ0) is 19.2. The lowest BCUT2D eigenvalue weighted by Crippen LogP contribution is -2.50. The number of fused-ring (bicyclic) bond motifs is 1. The first-order chi connectivity index (χ1) is 12.8. The number of hydrogen-bond donors (Lipinski definition) is 2. The van der Waals surface area contributed by atoms with Crippen molar-refractivity contribution in [1.29, 1.82) is 0 Å². The summed E-state index contributed by atoms with van der Waals surface area (Å²) in [5.74, 6) is -0.642. The summed E-state index contributed by atoms with van der Waals surface area (Å²) in [5.41, 5.74) is 6.43. The van der Waals surface area contributed by atoms with Gasteiger partial charge in [-0.3, -0.25) is 15.2 Å². The SMILES string of the molecule is O=C1NN(c2ccc(OC(F)(F)F)cc2)CC2=C1Nc1cc(Cl)ccc1C2. The maximum Gasteiger partial charge on any atom is 0.573 e. The van der Waals surface area contributed by atoms with Crippen LogP contribution in [0.2, 0.25) is 5.02 Å². The largest absolute Gasteiger partial charge is 0.573 e. The van der Waals surface area contributed by atoms with Crippen LogP contribution in [0.1, 0.15) is 5.56 Å². The predicted molar refractivity (Wildman–Crippen MR) is 94.4 cm³/mol. The van der Waals surface area contributed by atoms with Crippen LogP contribution in [0.25, 0.3) is 0 Å². The minimum Gasteiger partial charge on any atom is -0.406 e. The summed E-state index contributed by atoms with van der Waals surface area (Å²) in [7, 11) is 0. The Balaban J connectivity index is 1.54. The summed E-state index contributed by atoms with van der Waals surface area (Å²) in [5, 5.41) is 5.27. The van der Waals surface area contributed by atoms with Crippen LogP contribution in [0.3, 0.4) is 0 Å². The van der Waals surface area contributed by atoms with Gasteiger partial charge in [0.2, 0.25) is 0 Å². The first kappa shape index (κ1) is 17.5. The number of anilines is 2. The number of carbonyl (C=O) groups is 1. The molecule has 27 heavy (non-hydrogen) atoms. The molecule has 2 aromatic rings. The van der Waals surface area contributed by atoms with Crippen LogP contribution in [-0.2, 0) is 11.2 Å². The van der Waals surface area contributed by atoms with E-state index in [1.807, 2.05) is 6.07 Å². The molecule has 0 fully saturated rings. The normalized spacial score (nSPS) is 16.3. The molecule has 0 bridgehead atoms. The monoisotopic (exact) mass is 395 g/mol. The summed E-state index contributed by atoms with van der Waals surface area (Å²) in [4.78, 5) is 12.5. The summed E-state index contributed by atoms with van der Waals surface area (Å²) in [6.07, 6.45) is -4.17. The smallest absolute Gasteiger partial charge is 0.406 e. The highest BCUT2D eigenvalue weighted by molar-refractivity contribution is 6.31. The fourth-order valence-corrected chi connectivity index (χ4v) is 3.28. The molecular formula is C18H13ClF3N3O2. The van der Waals surface area contributed by atoms with Crippen molar-refractivity contribution in [3.8, 4) is 5.75 Å². The van der Waals surface area contributed by atoms with E-state index in [0.29, 0.717) is 29.4 Å². The second-order valence-electron chi connectivity index (χ2n) is 6.15. The Bertz CT molecular complexity index is 942. The summed E-state index contributed by atoms with van der Waals surface area (Å²) < 4.78 is 40.7. The van der Waals surface area contributed by atoms with Crippen molar-refractivity contribution in [2.24, 2.45) is 0 Å². The van der Waals surface area contributed by atoms with E-state index in [1.165, 1.54) is 24.3 Å². The fourth-order valence-electron chi connectivity index (χ4n) is 3.11. The molecule has 0 spiro atoms. The lowest BCUT2D eigenvalue weighted by atomic mass is 9.95. The number of carbonyl (C=O) groups excluding carboxylic acids is 1. The van der Waals surface area contributed by atoms with Gasteiger partial charge in [0.15, 0.2) is 0 Å². The lowest BCUT2D eigenvalue weighted by Gasteiger charge is -2.35. The van der Waals surface area contributed by atoms with Crippen LogP contribution < -0.4 is 20.5 Å². The molecule has 0 aromatic heterocycles. The Hall–Kier alpha value is -2.87. The average Bonchev–Trinajstić information content (AvgIpc) is 2.59. The number of hydrazine groups is 1. The number of halogens is 4. The molecule has 2 heterocycles. The number of hydrogen-bond acceptors (Lipinski definition) is 4. The molecule has 2 aliphatic heterocycles. The third-order valence-electron chi connectivity index (χ3n) is 4.28. The first-order valence-corrected chi connectivity index (χ1v) is 8.38. The Morgan fingerprint density at radius 2 is 1.85 bits per heavy atom. The number of amides is 1. The van der Waals surface area contributed by atoms with E-state index < -0.39 is 6.36 Å². The molecule has 2 N–H and O–H groups in total. The van der Waals surface area contributed by atoms with Gasteiger partial charge in [-0.15, -0.1) is 13.2 Å². The maximum atomic E-state index is 12.5. The minimum atomic E-state index is -4.75. The molecule has 2 aromatic carbocycles. The predicted octanol–water partition coefficient (Wildman–Crippen LogP) is 4.01. The first-order valence-electron chi connectivity index (χ1n) is 8.00. The van der Waals surface area contributed by atoms with Gasteiger partial charge in [0.25, 0.3) is 5.91 Å². The molecule has 9 heteroatoms. The van der Waals surface area contributed by atoms with Crippen molar-refractivity contribution in [1.82, 2.24) is 5.43 Å². The van der Waals surface area contributed by atoms with Gasteiger partial charge in [-0.05, 0) is 54.0 Å². The molecule has 0 saturated heterocycles. The zero-order valence-corrected chi connectivity index (χ0v) is 14.5. The Labute approximate surface area is 157 Å². The molecule has 0 saturated carbocycles. The van der Waals surface area contributed by atoms with Crippen LogP contribution in [-0.4, -0.2) is 18.8 Å². The van der Waals surface area contributed by atoms with Gasteiger partial charge in [-0.2, -0.15) is 0 Å². The van der Waals surface area contributed by atoms with E-state index in [4.69, 9.17) is 11.6 Å². The van der Waals surface area contributed by atoms with Gasteiger partial charge < -0.3 is 10.1 Å². The van der Waals surface area contributed by atoms with Crippen molar-refractivity contribution < 1.29 is 22.7 Å². The third-order valence-corrected chi connectivity index (χ3v) is 4.52. The van der Waals surface area contributed by atoms with Crippen molar-refractivity contribution >= 4 is 28.9 Å². The summed E-state index contributed by atoms with van der Waals surface area (Å²) in [6, 6.07) is 10.8. The molecule has 4 rings (SSSR count). The number of alkyl halides is 3. The quantitative estimate of drug-likeness (QED) is 0.806. The van der Waals surface area contributed by atoms with E-state index in [-0.39, 0.29) is 11.7 Å². The Kier molecular flexibility index (Phi) is 4.15. The maximum absolute atomic E-state index is 12.5. The van der Waals surface area contributed by atoms with Gasteiger partial charge in [0, 0.05) is 10.7 Å². The molecular weight excluding hydrogens is 383 g/mol. The van der Waals surface area contributed by atoms with Crippen LogP contribution in [0.15, 0.2) is 53.7 Å². The van der Waals surface area contributed by atoms with E-state index >= 15 is 0 Å². The Morgan fingerprint density at radius 1 is 1.11 bits per heavy atom. The molecule has 1 amide bonds. The number of rotatable bonds is 2. The van der Waals surface area contributed by atoms with Crippen LogP contribution in [0.4, 0.5) is 24.5 Å². The number of nitrogens with one attached hydrogen (secondary N) is 2. The molecule has 0 atom stereocenters. The molecule has 2 aliphatic rings. The van der Waals surface area contributed by atoms with Gasteiger partial charge in [0.1, 0.15) is 11.4 Å². The van der Waals surface area contributed by atoms with Gasteiger partial charge >= 0.3 is 6.36 Å². The standard InChI is InChI=1S/C18H13ClF3N3O2/c19-12-2-1-10-7-11-9-25(24-17(26)16(11)23-15(10)8-12)13-3-5-14(6-4-13)27-18(20,21)22/h1-6,8,23H,7,9H2,(H,24,26). The van der Waals surface area contributed by atoms with Crippen LogP contribution in [0.5, 0.6) is 5.75 Å². The fraction of sp³-hybridized carbons (Fsp3) is 0.167. The molecule has 5 nitrogen and oxygen atoms in total. The molecule has 0 aliphatic carbocycles. The van der Waals surface area contributed by atoms with Gasteiger partial charge in [-0.1, -0.05) is 17.7 Å². The lowest BCUT2D eigenvalue weighted by molar-refractivity contribution is -0.274. The number of benzene rings is 2. The zero-order valence-electron chi connectivity index (χ0n) is 13.7. The minimum absolute atomic E-state index is 0.320.